The fourth-order valence-electron chi connectivity index (χ4n) is 6.50. The molecule has 2 aliphatic carbocycles. The molecule has 3 rings (SSSR count). The van der Waals surface area contributed by atoms with Crippen molar-refractivity contribution in [1.82, 2.24) is 20.3 Å². The first-order chi connectivity index (χ1) is 21.1. The molecule has 1 aromatic rings. The molecule has 11 nitrogen and oxygen atoms in total. The second-order valence-corrected chi connectivity index (χ2v) is 14.1. The fourth-order valence-corrected chi connectivity index (χ4v) is 6.50. The Bertz CT molecular complexity index is 886. The molecular weight excluding hydrogens is 560 g/mol. The predicted octanol–water partition coefficient (Wildman–Crippen LogP) is 4.15. The van der Waals surface area contributed by atoms with Gasteiger partial charge in [-0.15, -0.1) is 5.10 Å². The summed E-state index contributed by atoms with van der Waals surface area (Å²) in [6.07, 6.45) is 18.3. The van der Waals surface area contributed by atoms with E-state index in [1.165, 1.54) is 51.4 Å². The summed E-state index contributed by atoms with van der Waals surface area (Å²) in [5, 5.41) is 22.6. The maximum atomic E-state index is 10.5. The first-order valence-electron chi connectivity index (χ1n) is 17.3. The van der Waals surface area contributed by atoms with Gasteiger partial charge in [-0.3, -0.25) is 5.32 Å². The smallest absolute Gasteiger partial charge is 0.108 e. The highest BCUT2D eigenvalue weighted by molar-refractivity contribution is 5.01. The van der Waals surface area contributed by atoms with Crippen molar-refractivity contribution in [2.75, 3.05) is 46.2 Å². The second-order valence-electron chi connectivity index (χ2n) is 14.1. The van der Waals surface area contributed by atoms with Crippen LogP contribution in [0.2, 0.25) is 0 Å². The number of nitrogens with one attached hydrogen (secondary N) is 1. The number of aliphatic hydroxyl groups excluding tert-OH is 1. The maximum Gasteiger partial charge on any atom is 0.108 e. The van der Waals surface area contributed by atoms with Crippen LogP contribution in [0.25, 0.3) is 0 Å². The summed E-state index contributed by atoms with van der Waals surface area (Å²) in [6, 6.07) is -0.0392. The van der Waals surface area contributed by atoms with Gasteiger partial charge < -0.3 is 35.5 Å². The lowest BCUT2D eigenvalue weighted by atomic mass is 9.85. The Kier molecular flexibility index (Phi) is 16.5. The average molecular weight is 625 g/mol. The summed E-state index contributed by atoms with van der Waals surface area (Å²) in [5.41, 5.74) is 13.2. The highest BCUT2D eigenvalue weighted by Gasteiger charge is 2.38. The lowest BCUT2D eigenvalue weighted by molar-refractivity contribution is -0.00987. The highest BCUT2D eigenvalue weighted by Crippen LogP contribution is 2.32. The van der Waals surface area contributed by atoms with E-state index >= 15 is 0 Å². The Balaban J connectivity index is 1.16. The van der Waals surface area contributed by atoms with Crippen molar-refractivity contribution in [2.45, 2.75) is 153 Å². The molecule has 0 bridgehead atoms. The number of hydrogen-bond donors (Lipinski definition) is 4. The molecule has 1 aromatic heterocycles. The molecule has 0 aliphatic heterocycles. The van der Waals surface area contributed by atoms with Crippen LogP contribution in [0.3, 0.4) is 0 Å². The van der Waals surface area contributed by atoms with Crippen LogP contribution < -0.4 is 16.8 Å². The van der Waals surface area contributed by atoms with Crippen LogP contribution in [0.1, 0.15) is 123 Å². The number of rotatable bonds is 17. The van der Waals surface area contributed by atoms with Gasteiger partial charge in [-0.1, -0.05) is 56.6 Å². The Morgan fingerprint density at radius 2 is 1.34 bits per heavy atom. The van der Waals surface area contributed by atoms with Crippen LogP contribution in [-0.2, 0) is 31.1 Å². The molecule has 6 N–H and O–H groups in total. The molecule has 0 spiro atoms. The summed E-state index contributed by atoms with van der Waals surface area (Å²) >= 11 is 0. The molecule has 0 saturated heterocycles. The lowest BCUT2D eigenvalue weighted by Crippen LogP contribution is -2.59. The van der Waals surface area contributed by atoms with Gasteiger partial charge in [-0.2, -0.15) is 0 Å². The standard InChI is InChI=1S/C33H64N6O5/c1-31(34)14-12-17-33(3,35)29(25-31)36-30(40)13-18-41-19-20-42-21-22-43-23-24-44-27-28-26-39(38-37-28)32(2)15-10-8-6-4-5-7-9-11-16-32/h26,29-30,36,40H,4-25,27,34-35H2,1-3H3. The van der Waals surface area contributed by atoms with Crippen molar-refractivity contribution in [3.63, 3.8) is 0 Å². The fraction of sp³-hybridized carbons (Fsp3) is 0.939. The van der Waals surface area contributed by atoms with E-state index in [0.29, 0.717) is 59.3 Å². The number of aromatic nitrogens is 3. The van der Waals surface area contributed by atoms with E-state index in [4.69, 9.17) is 30.4 Å². The van der Waals surface area contributed by atoms with Gasteiger partial charge in [-0.05, 0) is 59.3 Å². The minimum atomic E-state index is -0.686. The van der Waals surface area contributed by atoms with Gasteiger partial charge >= 0.3 is 0 Å². The number of hydrogen-bond acceptors (Lipinski definition) is 10. The number of nitrogens with zero attached hydrogens (tertiary/aromatic N) is 3. The molecular formula is C33H64N6O5. The van der Waals surface area contributed by atoms with Crippen molar-refractivity contribution >= 4 is 0 Å². The van der Waals surface area contributed by atoms with E-state index in [1.54, 1.807) is 0 Å². The minimum Gasteiger partial charge on any atom is -0.379 e. The van der Waals surface area contributed by atoms with Gasteiger partial charge in [0, 0.05) is 23.5 Å². The molecule has 2 aliphatic rings. The largest absolute Gasteiger partial charge is 0.379 e. The van der Waals surface area contributed by atoms with Crippen molar-refractivity contribution < 1.29 is 24.1 Å². The zero-order valence-corrected chi connectivity index (χ0v) is 28.1. The summed E-state index contributed by atoms with van der Waals surface area (Å²) in [5.74, 6) is 0. The van der Waals surface area contributed by atoms with Crippen LogP contribution in [0.4, 0.5) is 0 Å². The van der Waals surface area contributed by atoms with Crippen molar-refractivity contribution in [3.05, 3.63) is 11.9 Å². The van der Waals surface area contributed by atoms with Crippen LogP contribution in [-0.4, -0.2) is 89.7 Å². The monoisotopic (exact) mass is 624 g/mol. The van der Waals surface area contributed by atoms with Crippen LogP contribution in [0.15, 0.2) is 6.20 Å². The van der Waals surface area contributed by atoms with Crippen LogP contribution in [0.5, 0.6) is 0 Å². The highest BCUT2D eigenvalue weighted by atomic mass is 16.6. The van der Waals surface area contributed by atoms with E-state index in [-0.39, 0.29) is 17.1 Å². The predicted molar refractivity (Wildman–Crippen MR) is 173 cm³/mol. The van der Waals surface area contributed by atoms with E-state index in [9.17, 15) is 5.11 Å². The molecule has 2 fully saturated rings. The Morgan fingerprint density at radius 3 is 1.95 bits per heavy atom. The summed E-state index contributed by atoms with van der Waals surface area (Å²) < 4.78 is 24.7. The molecule has 0 radical (unpaired) electrons. The third-order valence-electron chi connectivity index (χ3n) is 9.50. The van der Waals surface area contributed by atoms with Crippen LogP contribution in [0, 0.1) is 0 Å². The van der Waals surface area contributed by atoms with Gasteiger partial charge in [-0.25, -0.2) is 4.68 Å². The second kappa shape index (κ2) is 19.5. The molecule has 44 heavy (non-hydrogen) atoms. The van der Waals surface area contributed by atoms with E-state index < -0.39 is 11.8 Å². The third-order valence-corrected chi connectivity index (χ3v) is 9.50. The first-order valence-corrected chi connectivity index (χ1v) is 17.3. The molecule has 4 unspecified atom stereocenters. The van der Waals surface area contributed by atoms with E-state index in [0.717, 1.165) is 44.2 Å². The molecule has 256 valence electrons. The number of ether oxygens (including phenoxy) is 4. The van der Waals surface area contributed by atoms with Gasteiger partial charge in [0.25, 0.3) is 0 Å². The number of aliphatic hydroxyl groups is 1. The SMILES string of the molecule is CC1(N)CCCC(C)(N)C(NC(O)CCOCCOCCOCCOCc2cn(C3(C)CCCCCCCCCC3)nn2)C1. The molecule has 11 heteroatoms. The van der Waals surface area contributed by atoms with Gasteiger partial charge in [0.05, 0.1) is 64.6 Å². The summed E-state index contributed by atoms with van der Waals surface area (Å²) in [7, 11) is 0. The zero-order valence-electron chi connectivity index (χ0n) is 28.1. The number of nitrogens with two attached hydrogens (primary N) is 2. The molecule has 0 aromatic carbocycles. The molecule has 1 heterocycles. The minimum absolute atomic E-state index is 0.0391. The van der Waals surface area contributed by atoms with Crippen molar-refractivity contribution in [2.24, 2.45) is 11.5 Å². The normalized spacial score (nSPS) is 27.8. The van der Waals surface area contributed by atoms with E-state index in [1.807, 2.05) is 6.92 Å². The Hall–Kier alpha value is -1.18. The van der Waals surface area contributed by atoms with Crippen molar-refractivity contribution in [1.29, 1.82) is 0 Å². The summed E-state index contributed by atoms with van der Waals surface area (Å²) in [4.78, 5) is 0. The summed E-state index contributed by atoms with van der Waals surface area (Å²) in [6.45, 7) is 10.3. The molecule has 4 atom stereocenters. The molecule has 0 amide bonds. The Labute approximate surface area is 266 Å². The van der Waals surface area contributed by atoms with Gasteiger partial charge in [0.1, 0.15) is 11.9 Å². The zero-order chi connectivity index (χ0) is 31.7. The first kappa shape index (κ1) is 37.3. The van der Waals surface area contributed by atoms with E-state index in [2.05, 4.69) is 40.4 Å². The average Bonchev–Trinajstić information content (AvgIpc) is 3.40. The Morgan fingerprint density at radius 1 is 0.795 bits per heavy atom. The van der Waals surface area contributed by atoms with Crippen molar-refractivity contribution in [3.8, 4) is 0 Å². The van der Waals surface area contributed by atoms with Gasteiger partial charge in [0.2, 0.25) is 0 Å². The molecule has 2 saturated carbocycles. The van der Waals surface area contributed by atoms with Gasteiger partial charge in [0.15, 0.2) is 0 Å². The third kappa shape index (κ3) is 14.1. The maximum absolute atomic E-state index is 10.5. The topological polar surface area (TPSA) is 152 Å². The quantitative estimate of drug-likeness (QED) is 0.113. The van der Waals surface area contributed by atoms with Crippen LogP contribution >= 0.6 is 0 Å². The lowest BCUT2D eigenvalue weighted by Gasteiger charge is -2.37.